The van der Waals surface area contributed by atoms with Crippen LogP contribution in [0.25, 0.3) is 0 Å². The zero-order valence-corrected chi connectivity index (χ0v) is 11.0. The SMILES string of the molecule is CC1OC2=C3C(=O)C=CC=C3C(=O)C(=O)C2C1(C)C. The molecular weight excluding hydrogens is 244 g/mol. The lowest BCUT2D eigenvalue weighted by Gasteiger charge is -2.29. The Bertz CT molecular complexity index is 616. The van der Waals surface area contributed by atoms with Crippen molar-refractivity contribution in [2.45, 2.75) is 26.9 Å². The molecule has 1 aliphatic heterocycles. The topological polar surface area (TPSA) is 60.4 Å². The third kappa shape index (κ3) is 1.37. The standard InChI is InChI=1S/C15H14O4/c1-7-15(2,3)11-13(18)12(17)8-5-4-6-9(16)10(8)14(11)19-7/h4-7,11H,1-3H3. The summed E-state index contributed by atoms with van der Waals surface area (Å²) in [5.74, 6) is -1.57. The van der Waals surface area contributed by atoms with E-state index in [1.807, 2.05) is 20.8 Å². The minimum atomic E-state index is -0.641. The van der Waals surface area contributed by atoms with E-state index in [0.717, 1.165) is 0 Å². The summed E-state index contributed by atoms with van der Waals surface area (Å²) in [7, 11) is 0. The molecule has 2 aliphatic carbocycles. The molecule has 0 spiro atoms. The predicted octanol–water partition coefficient (Wildman–Crippen LogP) is 1.52. The Morgan fingerprint density at radius 3 is 2.58 bits per heavy atom. The molecule has 4 heteroatoms. The first-order chi connectivity index (χ1) is 8.85. The Kier molecular flexibility index (Phi) is 2.24. The quantitative estimate of drug-likeness (QED) is 0.618. The largest absolute Gasteiger partial charge is 0.493 e. The highest BCUT2D eigenvalue weighted by atomic mass is 16.5. The zero-order valence-electron chi connectivity index (χ0n) is 11.0. The molecule has 0 aromatic carbocycles. The van der Waals surface area contributed by atoms with Crippen molar-refractivity contribution in [3.8, 4) is 0 Å². The predicted molar refractivity (Wildman–Crippen MR) is 67.1 cm³/mol. The molecule has 0 aromatic heterocycles. The zero-order chi connectivity index (χ0) is 13.9. The monoisotopic (exact) mass is 258 g/mol. The van der Waals surface area contributed by atoms with Crippen molar-refractivity contribution in [3.05, 3.63) is 35.1 Å². The highest BCUT2D eigenvalue weighted by molar-refractivity contribution is 6.49. The molecule has 0 bridgehead atoms. The van der Waals surface area contributed by atoms with Crippen LogP contribution in [0.4, 0.5) is 0 Å². The molecule has 0 amide bonds. The second kappa shape index (κ2) is 3.53. The van der Waals surface area contributed by atoms with Gasteiger partial charge < -0.3 is 4.74 Å². The van der Waals surface area contributed by atoms with E-state index in [1.54, 1.807) is 0 Å². The number of hydrogen-bond acceptors (Lipinski definition) is 4. The van der Waals surface area contributed by atoms with Crippen LogP contribution < -0.4 is 0 Å². The fourth-order valence-electron chi connectivity index (χ4n) is 2.88. The fourth-order valence-corrected chi connectivity index (χ4v) is 2.88. The number of fused-ring (bicyclic) bond motifs is 2. The lowest BCUT2D eigenvalue weighted by molar-refractivity contribution is -0.138. The highest BCUT2D eigenvalue weighted by Gasteiger charge is 2.56. The van der Waals surface area contributed by atoms with Crippen molar-refractivity contribution in [2.75, 3.05) is 0 Å². The van der Waals surface area contributed by atoms with Gasteiger partial charge in [-0.05, 0) is 19.1 Å². The smallest absolute Gasteiger partial charge is 0.230 e. The van der Waals surface area contributed by atoms with E-state index in [-0.39, 0.29) is 23.0 Å². The number of ketones is 3. The first kappa shape index (κ1) is 12.1. The first-order valence-corrected chi connectivity index (χ1v) is 6.28. The molecule has 0 aromatic rings. The second-order valence-electron chi connectivity index (χ2n) is 5.75. The van der Waals surface area contributed by atoms with Crippen molar-refractivity contribution in [3.63, 3.8) is 0 Å². The van der Waals surface area contributed by atoms with Crippen molar-refractivity contribution < 1.29 is 19.1 Å². The van der Waals surface area contributed by atoms with Crippen molar-refractivity contribution >= 4 is 17.3 Å². The van der Waals surface area contributed by atoms with Crippen molar-refractivity contribution in [1.29, 1.82) is 0 Å². The number of carbonyl (C=O) groups is 3. The van der Waals surface area contributed by atoms with Crippen LogP contribution in [-0.4, -0.2) is 23.5 Å². The third-order valence-corrected chi connectivity index (χ3v) is 4.36. The van der Waals surface area contributed by atoms with Gasteiger partial charge in [-0.2, -0.15) is 0 Å². The summed E-state index contributed by atoms with van der Waals surface area (Å²) >= 11 is 0. The number of Topliss-reactive ketones (excluding diaryl/α,β-unsaturated/α-hetero) is 2. The maximum atomic E-state index is 12.3. The van der Waals surface area contributed by atoms with Gasteiger partial charge in [0.15, 0.2) is 5.78 Å². The molecule has 1 heterocycles. The molecule has 1 saturated heterocycles. The molecule has 4 nitrogen and oxygen atoms in total. The molecule has 2 unspecified atom stereocenters. The molecule has 3 aliphatic rings. The van der Waals surface area contributed by atoms with E-state index in [4.69, 9.17) is 4.74 Å². The lowest BCUT2D eigenvalue weighted by Crippen LogP contribution is -2.40. The Morgan fingerprint density at radius 1 is 1.21 bits per heavy atom. The van der Waals surface area contributed by atoms with Gasteiger partial charge in [0, 0.05) is 11.0 Å². The average Bonchev–Trinajstić information content (AvgIpc) is 2.57. The van der Waals surface area contributed by atoms with E-state index in [2.05, 4.69) is 0 Å². The number of carbonyl (C=O) groups excluding carboxylic acids is 3. The molecule has 0 N–H and O–H groups in total. The van der Waals surface area contributed by atoms with E-state index >= 15 is 0 Å². The molecule has 3 rings (SSSR count). The van der Waals surface area contributed by atoms with E-state index in [9.17, 15) is 14.4 Å². The van der Waals surface area contributed by atoms with Crippen LogP contribution in [0.5, 0.6) is 0 Å². The first-order valence-electron chi connectivity index (χ1n) is 6.28. The second-order valence-corrected chi connectivity index (χ2v) is 5.75. The van der Waals surface area contributed by atoms with Gasteiger partial charge in [0.2, 0.25) is 11.6 Å². The summed E-state index contributed by atoms with van der Waals surface area (Å²) in [5, 5.41) is 0. The van der Waals surface area contributed by atoms with Crippen molar-refractivity contribution in [1.82, 2.24) is 0 Å². The number of hydrogen-bond donors (Lipinski definition) is 0. The molecule has 1 fully saturated rings. The van der Waals surface area contributed by atoms with Crippen LogP contribution in [0.3, 0.4) is 0 Å². The molecular formula is C15H14O4. The summed E-state index contributed by atoms with van der Waals surface area (Å²) in [4.78, 5) is 36.5. The number of allylic oxidation sites excluding steroid dienone is 6. The summed E-state index contributed by atoms with van der Waals surface area (Å²) in [6, 6.07) is 0. The van der Waals surface area contributed by atoms with Crippen LogP contribution in [0.15, 0.2) is 35.1 Å². The van der Waals surface area contributed by atoms with Gasteiger partial charge in [0.05, 0.1) is 11.5 Å². The Hall–Kier alpha value is -1.97. The van der Waals surface area contributed by atoms with E-state index in [1.165, 1.54) is 18.2 Å². The molecule has 98 valence electrons. The normalized spacial score (nSPS) is 31.9. The summed E-state index contributed by atoms with van der Waals surface area (Å²) in [5.41, 5.74) is -0.0367. The Labute approximate surface area is 110 Å². The Morgan fingerprint density at radius 2 is 1.89 bits per heavy atom. The molecule has 0 radical (unpaired) electrons. The summed E-state index contributed by atoms with van der Waals surface area (Å²) in [6.45, 7) is 5.63. The maximum Gasteiger partial charge on any atom is 0.230 e. The van der Waals surface area contributed by atoms with Gasteiger partial charge in [0.1, 0.15) is 11.9 Å². The van der Waals surface area contributed by atoms with Gasteiger partial charge in [0.25, 0.3) is 0 Å². The van der Waals surface area contributed by atoms with Gasteiger partial charge in [-0.3, -0.25) is 14.4 Å². The van der Waals surface area contributed by atoms with Crippen LogP contribution in [0.1, 0.15) is 20.8 Å². The number of ether oxygens (including phenoxy) is 1. The summed E-state index contributed by atoms with van der Waals surface area (Å²) in [6.07, 6.45) is 4.19. The van der Waals surface area contributed by atoms with Crippen LogP contribution in [0, 0.1) is 11.3 Å². The number of rotatable bonds is 0. The summed E-state index contributed by atoms with van der Waals surface area (Å²) < 4.78 is 5.75. The Balaban J connectivity index is 2.29. The fraction of sp³-hybridized carbons (Fsp3) is 0.400. The molecule has 0 saturated carbocycles. The highest BCUT2D eigenvalue weighted by Crippen LogP contribution is 2.50. The van der Waals surface area contributed by atoms with Gasteiger partial charge >= 0.3 is 0 Å². The lowest BCUT2D eigenvalue weighted by atomic mass is 9.68. The third-order valence-electron chi connectivity index (χ3n) is 4.36. The minimum absolute atomic E-state index is 0.175. The maximum absolute atomic E-state index is 12.3. The van der Waals surface area contributed by atoms with Crippen LogP contribution in [0.2, 0.25) is 0 Å². The molecule has 19 heavy (non-hydrogen) atoms. The average molecular weight is 258 g/mol. The van der Waals surface area contributed by atoms with Gasteiger partial charge in [-0.25, -0.2) is 0 Å². The van der Waals surface area contributed by atoms with Crippen LogP contribution in [-0.2, 0) is 19.1 Å². The minimum Gasteiger partial charge on any atom is -0.493 e. The van der Waals surface area contributed by atoms with Gasteiger partial charge in [-0.15, -0.1) is 0 Å². The van der Waals surface area contributed by atoms with Crippen LogP contribution >= 0.6 is 0 Å². The van der Waals surface area contributed by atoms with E-state index in [0.29, 0.717) is 5.76 Å². The van der Waals surface area contributed by atoms with Crippen molar-refractivity contribution in [2.24, 2.45) is 11.3 Å². The van der Waals surface area contributed by atoms with Gasteiger partial charge in [-0.1, -0.05) is 19.9 Å². The molecule has 2 atom stereocenters. The van der Waals surface area contributed by atoms with E-state index < -0.39 is 22.9 Å².